The van der Waals surface area contributed by atoms with E-state index >= 15 is 0 Å². The lowest BCUT2D eigenvalue weighted by molar-refractivity contribution is -0.139. The van der Waals surface area contributed by atoms with Crippen molar-refractivity contribution in [3.63, 3.8) is 0 Å². The molecule has 37 heavy (non-hydrogen) atoms. The first-order chi connectivity index (χ1) is 17.8. The van der Waals surface area contributed by atoms with Crippen molar-refractivity contribution in [3.05, 3.63) is 78.0 Å². The molecule has 0 spiro atoms. The van der Waals surface area contributed by atoms with Gasteiger partial charge in [-0.15, -0.1) is 0 Å². The summed E-state index contributed by atoms with van der Waals surface area (Å²) >= 11 is 0. The first-order valence-corrected chi connectivity index (χ1v) is 12.0. The molecule has 3 aromatic rings. The number of ether oxygens (including phenoxy) is 2. The fourth-order valence-corrected chi connectivity index (χ4v) is 3.99. The molecule has 2 N–H and O–H groups in total. The number of hydrogen-bond donors (Lipinski definition) is 2. The molecule has 1 aromatic heterocycles. The molecule has 2 heterocycles. The predicted molar refractivity (Wildman–Crippen MR) is 136 cm³/mol. The highest BCUT2D eigenvalue weighted by molar-refractivity contribution is 6.02. The second-order valence-corrected chi connectivity index (χ2v) is 9.05. The van der Waals surface area contributed by atoms with Gasteiger partial charge < -0.3 is 24.8 Å². The average Bonchev–Trinajstić information content (AvgIpc) is 3.03. The predicted octanol–water partition coefficient (Wildman–Crippen LogP) is 3.39. The number of benzene rings is 2. The zero-order valence-corrected chi connectivity index (χ0v) is 20.7. The minimum absolute atomic E-state index is 0.0883. The van der Waals surface area contributed by atoms with Crippen LogP contribution in [0.4, 0.5) is 0 Å². The molecular formula is C28H29N3O6. The third kappa shape index (κ3) is 6.43. The molecule has 1 atom stereocenters. The molecule has 2 aromatic carbocycles. The Morgan fingerprint density at radius 1 is 1.14 bits per heavy atom. The number of aromatic nitrogens is 1. The van der Waals surface area contributed by atoms with E-state index in [0.29, 0.717) is 34.9 Å². The van der Waals surface area contributed by atoms with Gasteiger partial charge in [0.05, 0.1) is 18.8 Å². The van der Waals surface area contributed by atoms with Crippen LogP contribution in [0.2, 0.25) is 0 Å². The van der Waals surface area contributed by atoms with Gasteiger partial charge in [0.25, 0.3) is 5.91 Å². The molecule has 1 unspecified atom stereocenters. The zero-order valence-electron chi connectivity index (χ0n) is 20.7. The van der Waals surface area contributed by atoms with Crippen molar-refractivity contribution in [1.82, 2.24) is 15.2 Å². The Morgan fingerprint density at radius 2 is 1.86 bits per heavy atom. The molecule has 0 saturated carbocycles. The van der Waals surface area contributed by atoms with Gasteiger partial charge in [0.15, 0.2) is 6.61 Å². The topological polar surface area (TPSA) is 118 Å². The lowest BCUT2D eigenvalue weighted by Gasteiger charge is -2.25. The van der Waals surface area contributed by atoms with Crippen molar-refractivity contribution in [1.29, 1.82) is 0 Å². The van der Waals surface area contributed by atoms with E-state index in [1.54, 1.807) is 41.4 Å². The molecule has 1 aliphatic heterocycles. The summed E-state index contributed by atoms with van der Waals surface area (Å²) in [6, 6.07) is 18.0. The number of aliphatic carboxylic acids is 1. The zero-order chi connectivity index (χ0) is 26.4. The van der Waals surface area contributed by atoms with Crippen LogP contribution in [-0.4, -0.2) is 58.6 Å². The largest absolute Gasteiger partial charge is 0.486 e. The van der Waals surface area contributed by atoms with E-state index in [2.05, 4.69) is 10.3 Å². The molecular weight excluding hydrogens is 474 g/mol. The van der Waals surface area contributed by atoms with E-state index < -0.39 is 18.7 Å². The van der Waals surface area contributed by atoms with E-state index in [-0.39, 0.29) is 30.8 Å². The lowest BCUT2D eigenvalue weighted by atomic mass is 10.0. The van der Waals surface area contributed by atoms with Gasteiger partial charge in [-0.2, -0.15) is 0 Å². The van der Waals surface area contributed by atoms with Crippen molar-refractivity contribution in [2.24, 2.45) is 5.92 Å². The molecule has 192 valence electrons. The minimum atomic E-state index is -1.07. The number of hydrogen-bond acceptors (Lipinski definition) is 6. The van der Waals surface area contributed by atoms with Crippen LogP contribution in [0.3, 0.4) is 0 Å². The Labute approximate surface area is 215 Å². The number of carboxylic acid groups (broad SMARTS) is 1. The standard InChI is InChI=1S/C28H29N3O6/c1-18(2)27(34)30-14-22-16-31(15-19-6-4-3-5-7-19)28(35)25-23(37-22)12-13-29-26(25)20-8-10-21(11-9-20)36-17-24(32)33/h3-13,18,22H,14-17H2,1-2H3,(H,30,34)(H,32,33). The highest BCUT2D eigenvalue weighted by Gasteiger charge is 2.32. The molecule has 0 aliphatic carbocycles. The van der Waals surface area contributed by atoms with Crippen LogP contribution in [0.15, 0.2) is 66.9 Å². The number of pyridine rings is 1. The van der Waals surface area contributed by atoms with Gasteiger partial charge in [0, 0.05) is 24.2 Å². The van der Waals surface area contributed by atoms with Crippen molar-refractivity contribution < 1.29 is 29.0 Å². The molecule has 2 amide bonds. The Hall–Kier alpha value is -4.40. The van der Waals surface area contributed by atoms with Crippen molar-refractivity contribution in [3.8, 4) is 22.8 Å². The highest BCUT2D eigenvalue weighted by atomic mass is 16.5. The van der Waals surface area contributed by atoms with Crippen LogP contribution in [0.1, 0.15) is 29.8 Å². The number of carboxylic acids is 1. The molecule has 1 aliphatic rings. The van der Waals surface area contributed by atoms with Gasteiger partial charge in [-0.3, -0.25) is 14.6 Å². The first kappa shape index (κ1) is 25.7. The lowest BCUT2D eigenvalue weighted by Crippen LogP contribution is -2.44. The maximum Gasteiger partial charge on any atom is 0.341 e. The molecule has 0 bridgehead atoms. The minimum Gasteiger partial charge on any atom is -0.486 e. The molecule has 0 fully saturated rings. The van der Waals surface area contributed by atoms with Crippen molar-refractivity contribution in [2.75, 3.05) is 19.7 Å². The van der Waals surface area contributed by atoms with E-state index in [1.807, 2.05) is 44.2 Å². The summed E-state index contributed by atoms with van der Waals surface area (Å²) in [4.78, 5) is 43.1. The summed E-state index contributed by atoms with van der Waals surface area (Å²) in [6.45, 7) is 4.09. The number of rotatable bonds is 9. The van der Waals surface area contributed by atoms with Crippen LogP contribution in [0.5, 0.6) is 11.5 Å². The average molecular weight is 504 g/mol. The Bertz CT molecular complexity index is 1260. The second kappa shape index (κ2) is 11.6. The van der Waals surface area contributed by atoms with Crippen LogP contribution in [0, 0.1) is 5.92 Å². The fraction of sp³-hybridized carbons (Fsp3) is 0.286. The van der Waals surface area contributed by atoms with E-state index in [0.717, 1.165) is 5.56 Å². The number of nitrogens with one attached hydrogen (secondary N) is 1. The van der Waals surface area contributed by atoms with Crippen LogP contribution in [-0.2, 0) is 16.1 Å². The summed E-state index contributed by atoms with van der Waals surface area (Å²) in [6.07, 6.45) is 1.12. The van der Waals surface area contributed by atoms with Gasteiger partial charge in [0.1, 0.15) is 23.2 Å². The Morgan fingerprint density at radius 3 is 2.54 bits per heavy atom. The molecule has 4 rings (SSSR count). The summed E-state index contributed by atoms with van der Waals surface area (Å²) < 4.78 is 11.5. The fourth-order valence-electron chi connectivity index (χ4n) is 3.99. The first-order valence-electron chi connectivity index (χ1n) is 12.0. The maximum atomic E-state index is 13.9. The van der Waals surface area contributed by atoms with Gasteiger partial charge in [-0.05, 0) is 35.9 Å². The molecule has 9 nitrogen and oxygen atoms in total. The number of amides is 2. The van der Waals surface area contributed by atoms with E-state index in [1.165, 1.54) is 0 Å². The van der Waals surface area contributed by atoms with Crippen LogP contribution >= 0.6 is 0 Å². The number of nitrogens with zero attached hydrogens (tertiary/aromatic N) is 2. The monoisotopic (exact) mass is 503 g/mol. The number of carbonyl (C=O) groups excluding carboxylic acids is 2. The molecule has 9 heteroatoms. The molecule has 0 radical (unpaired) electrons. The van der Waals surface area contributed by atoms with Crippen molar-refractivity contribution >= 4 is 17.8 Å². The van der Waals surface area contributed by atoms with Gasteiger partial charge >= 0.3 is 5.97 Å². The van der Waals surface area contributed by atoms with E-state index in [9.17, 15) is 14.4 Å². The smallest absolute Gasteiger partial charge is 0.341 e. The third-order valence-corrected chi connectivity index (χ3v) is 5.87. The summed E-state index contributed by atoms with van der Waals surface area (Å²) in [5.74, 6) is -0.777. The SMILES string of the molecule is CC(C)C(=O)NCC1CN(Cc2ccccc2)C(=O)c2c(ccnc2-c2ccc(OCC(=O)O)cc2)O1. The second-order valence-electron chi connectivity index (χ2n) is 9.05. The Kier molecular flexibility index (Phi) is 8.02. The Balaban J connectivity index is 1.67. The third-order valence-electron chi connectivity index (χ3n) is 5.87. The van der Waals surface area contributed by atoms with Gasteiger partial charge in [-0.1, -0.05) is 44.2 Å². The highest BCUT2D eigenvalue weighted by Crippen LogP contribution is 2.34. The van der Waals surface area contributed by atoms with E-state index in [4.69, 9.17) is 14.6 Å². The van der Waals surface area contributed by atoms with Crippen LogP contribution < -0.4 is 14.8 Å². The number of fused-ring (bicyclic) bond motifs is 1. The van der Waals surface area contributed by atoms with Crippen molar-refractivity contribution in [2.45, 2.75) is 26.5 Å². The summed E-state index contributed by atoms with van der Waals surface area (Å²) in [5, 5.41) is 11.7. The summed E-state index contributed by atoms with van der Waals surface area (Å²) in [7, 11) is 0. The number of carbonyl (C=O) groups is 3. The van der Waals surface area contributed by atoms with Gasteiger partial charge in [-0.25, -0.2) is 4.79 Å². The van der Waals surface area contributed by atoms with Gasteiger partial charge in [0.2, 0.25) is 5.91 Å². The summed E-state index contributed by atoms with van der Waals surface area (Å²) in [5.41, 5.74) is 2.39. The quantitative estimate of drug-likeness (QED) is 0.460. The van der Waals surface area contributed by atoms with Crippen LogP contribution in [0.25, 0.3) is 11.3 Å². The molecule has 0 saturated heterocycles. The maximum absolute atomic E-state index is 13.9. The normalized spacial score (nSPS) is 14.9.